The Kier molecular flexibility index (Phi) is 5.83. The molecule has 0 radical (unpaired) electrons. The van der Waals surface area contributed by atoms with Crippen LogP contribution in [0, 0.1) is 0 Å². The first kappa shape index (κ1) is 17.2. The highest BCUT2D eigenvalue weighted by Crippen LogP contribution is 2.18. The molecule has 126 valence electrons. The van der Waals surface area contributed by atoms with Gasteiger partial charge in [0.1, 0.15) is 9.84 Å². The van der Waals surface area contributed by atoms with E-state index in [0.717, 1.165) is 25.8 Å². The fraction of sp³-hybridized carbons (Fsp3) is 0.867. The van der Waals surface area contributed by atoms with Gasteiger partial charge in [0.05, 0.1) is 11.5 Å². The molecule has 2 aliphatic rings. The summed E-state index contributed by atoms with van der Waals surface area (Å²) in [5.41, 5.74) is 0. The highest BCUT2D eigenvalue weighted by Gasteiger charge is 2.28. The van der Waals surface area contributed by atoms with Crippen LogP contribution in [0.2, 0.25) is 0 Å². The number of carbonyl (C=O) groups is 2. The van der Waals surface area contributed by atoms with Gasteiger partial charge in [0.15, 0.2) is 0 Å². The fourth-order valence-electron chi connectivity index (χ4n) is 3.15. The van der Waals surface area contributed by atoms with E-state index in [0.29, 0.717) is 32.2 Å². The van der Waals surface area contributed by atoms with Crippen LogP contribution in [0.4, 0.5) is 0 Å². The van der Waals surface area contributed by atoms with Crippen LogP contribution in [0.15, 0.2) is 0 Å². The third kappa shape index (κ3) is 4.69. The van der Waals surface area contributed by atoms with Crippen molar-refractivity contribution in [2.75, 3.05) is 31.6 Å². The van der Waals surface area contributed by atoms with Crippen LogP contribution < -0.4 is 0 Å². The molecule has 6 nitrogen and oxygen atoms in total. The summed E-state index contributed by atoms with van der Waals surface area (Å²) in [7, 11) is -1.16. The summed E-state index contributed by atoms with van der Waals surface area (Å²) in [6.07, 6.45) is 4.99. The lowest BCUT2D eigenvalue weighted by molar-refractivity contribution is -0.134. The van der Waals surface area contributed by atoms with Crippen molar-refractivity contribution in [2.24, 2.45) is 0 Å². The van der Waals surface area contributed by atoms with E-state index in [-0.39, 0.29) is 29.4 Å². The van der Waals surface area contributed by atoms with Crippen LogP contribution in [0.5, 0.6) is 0 Å². The number of amides is 2. The van der Waals surface area contributed by atoms with Gasteiger partial charge in [-0.15, -0.1) is 0 Å². The molecule has 0 saturated carbocycles. The van der Waals surface area contributed by atoms with Crippen molar-refractivity contribution in [3.63, 3.8) is 0 Å². The second-order valence-corrected chi connectivity index (χ2v) is 8.63. The Morgan fingerprint density at radius 1 is 1.23 bits per heavy atom. The first-order valence-corrected chi connectivity index (χ1v) is 9.95. The molecule has 22 heavy (non-hydrogen) atoms. The van der Waals surface area contributed by atoms with Gasteiger partial charge in [-0.25, -0.2) is 8.42 Å². The van der Waals surface area contributed by atoms with Gasteiger partial charge in [-0.2, -0.15) is 0 Å². The van der Waals surface area contributed by atoms with E-state index >= 15 is 0 Å². The van der Waals surface area contributed by atoms with Crippen molar-refractivity contribution in [1.82, 2.24) is 9.80 Å². The molecule has 0 aromatic carbocycles. The van der Waals surface area contributed by atoms with Crippen LogP contribution in [-0.2, 0) is 19.4 Å². The maximum absolute atomic E-state index is 12.3. The number of nitrogens with zero attached hydrogens (tertiary/aromatic N) is 2. The average Bonchev–Trinajstić information content (AvgIpc) is 2.68. The second-order valence-electron chi connectivity index (χ2n) is 6.33. The minimum atomic E-state index is -2.91. The van der Waals surface area contributed by atoms with Gasteiger partial charge < -0.3 is 9.80 Å². The van der Waals surface area contributed by atoms with Gasteiger partial charge in [0.2, 0.25) is 11.8 Å². The summed E-state index contributed by atoms with van der Waals surface area (Å²) in [6, 6.07) is 0.0101. The monoisotopic (exact) mass is 330 g/mol. The molecule has 0 aromatic heterocycles. The Labute approximate surface area is 132 Å². The van der Waals surface area contributed by atoms with Crippen molar-refractivity contribution in [1.29, 1.82) is 0 Å². The Morgan fingerprint density at radius 2 is 1.91 bits per heavy atom. The predicted octanol–water partition coefficient (Wildman–Crippen LogP) is 0.815. The summed E-state index contributed by atoms with van der Waals surface area (Å²) in [5, 5.41) is 0. The summed E-state index contributed by atoms with van der Waals surface area (Å²) in [6.45, 7) is 1.23. The van der Waals surface area contributed by atoms with Crippen LogP contribution in [0.25, 0.3) is 0 Å². The lowest BCUT2D eigenvalue weighted by Crippen LogP contribution is -2.43. The summed E-state index contributed by atoms with van der Waals surface area (Å²) < 4.78 is 22.9. The zero-order valence-corrected chi connectivity index (χ0v) is 14.1. The van der Waals surface area contributed by atoms with Gasteiger partial charge in [0.25, 0.3) is 0 Å². The number of sulfone groups is 1. The highest BCUT2D eigenvalue weighted by molar-refractivity contribution is 7.91. The van der Waals surface area contributed by atoms with Crippen molar-refractivity contribution in [2.45, 2.75) is 51.0 Å². The molecule has 0 aliphatic carbocycles. The van der Waals surface area contributed by atoms with E-state index in [1.807, 2.05) is 0 Å². The van der Waals surface area contributed by atoms with Crippen molar-refractivity contribution in [3.8, 4) is 0 Å². The maximum atomic E-state index is 12.3. The molecule has 2 heterocycles. The standard InChI is InChI=1S/C15H26N2O4S/c1-16(13-7-11-22(20,21)12-8-13)14(18)6-10-17-9-4-2-3-5-15(17)19/h13H,2-12H2,1H3. The number of hydrogen-bond acceptors (Lipinski definition) is 4. The molecule has 0 N–H and O–H groups in total. The van der Waals surface area contributed by atoms with E-state index < -0.39 is 9.84 Å². The first-order valence-electron chi connectivity index (χ1n) is 8.13. The summed E-state index contributed by atoms with van der Waals surface area (Å²) in [5.74, 6) is 0.484. The quantitative estimate of drug-likeness (QED) is 0.765. The zero-order valence-electron chi connectivity index (χ0n) is 13.3. The molecular weight excluding hydrogens is 304 g/mol. The maximum Gasteiger partial charge on any atom is 0.224 e. The summed E-state index contributed by atoms with van der Waals surface area (Å²) in [4.78, 5) is 27.7. The third-order valence-electron chi connectivity index (χ3n) is 4.73. The fourth-order valence-corrected chi connectivity index (χ4v) is 4.62. The molecule has 0 unspecified atom stereocenters. The molecule has 0 spiro atoms. The van der Waals surface area contributed by atoms with E-state index in [1.54, 1.807) is 16.8 Å². The first-order chi connectivity index (χ1) is 10.4. The minimum Gasteiger partial charge on any atom is -0.343 e. The van der Waals surface area contributed by atoms with Gasteiger partial charge in [0, 0.05) is 39.0 Å². The molecule has 2 amide bonds. The number of likely N-dealkylation sites (tertiary alicyclic amines) is 1. The molecule has 2 aliphatic heterocycles. The predicted molar refractivity (Wildman–Crippen MR) is 84.1 cm³/mol. The molecule has 0 atom stereocenters. The second kappa shape index (κ2) is 7.44. The zero-order chi connectivity index (χ0) is 16.2. The van der Waals surface area contributed by atoms with Crippen molar-refractivity contribution in [3.05, 3.63) is 0 Å². The third-order valence-corrected chi connectivity index (χ3v) is 6.45. The van der Waals surface area contributed by atoms with Crippen LogP contribution in [-0.4, -0.2) is 67.7 Å². The highest BCUT2D eigenvalue weighted by atomic mass is 32.2. The number of rotatable bonds is 4. The molecular formula is C15H26N2O4S. The summed E-state index contributed by atoms with van der Waals surface area (Å²) >= 11 is 0. The van der Waals surface area contributed by atoms with E-state index in [2.05, 4.69) is 0 Å². The molecule has 2 fully saturated rings. The van der Waals surface area contributed by atoms with Crippen LogP contribution in [0.3, 0.4) is 0 Å². The van der Waals surface area contributed by atoms with Gasteiger partial charge in [-0.1, -0.05) is 6.42 Å². The lowest BCUT2D eigenvalue weighted by atomic mass is 10.1. The largest absolute Gasteiger partial charge is 0.343 e. The molecule has 7 heteroatoms. The van der Waals surface area contributed by atoms with Gasteiger partial charge in [-0.3, -0.25) is 9.59 Å². The van der Waals surface area contributed by atoms with E-state index in [9.17, 15) is 18.0 Å². The normalized spacial score (nSPS) is 23.1. The van der Waals surface area contributed by atoms with E-state index in [4.69, 9.17) is 0 Å². The molecule has 2 saturated heterocycles. The Morgan fingerprint density at radius 3 is 2.59 bits per heavy atom. The lowest BCUT2D eigenvalue weighted by Gasteiger charge is -2.32. The molecule has 0 aromatic rings. The molecule has 2 rings (SSSR count). The number of hydrogen-bond donors (Lipinski definition) is 0. The Bertz CT molecular complexity index is 504. The number of carbonyl (C=O) groups excluding carboxylic acids is 2. The van der Waals surface area contributed by atoms with Gasteiger partial charge in [-0.05, 0) is 25.7 Å². The Hall–Kier alpha value is -1.11. The van der Waals surface area contributed by atoms with E-state index in [1.165, 1.54) is 0 Å². The van der Waals surface area contributed by atoms with Crippen LogP contribution >= 0.6 is 0 Å². The minimum absolute atomic E-state index is 0.00125. The smallest absolute Gasteiger partial charge is 0.224 e. The SMILES string of the molecule is CN(C(=O)CCN1CCCCCC1=O)C1CCS(=O)(=O)CC1. The van der Waals surface area contributed by atoms with Crippen molar-refractivity contribution >= 4 is 21.7 Å². The molecule has 0 bridgehead atoms. The van der Waals surface area contributed by atoms with Gasteiger partial charge >= 0.3 is 0 Å². The van der Waals surface area contributed by atoms with Crippen molar-refractivity contribution < 1.29 is 18.0 Å². The average molecular weight is 330 g/mol. The topological polar surface area (TPSA) is 74.8 Å². The Balaban J connectivity index is 1.80. The van der Waals surface area contributed by atoms with Crippen LogP contribution in [0.1, 0.15) is 44.9 Å².